The number of hydrogen-bond acceptors (Lipinski definition) is 7. The molecule has 3 N–H and O–H groups in total. The first kappa shape index (κ1) is 25.2. The lowest BCUT2D eigenvalue weighted by Gasteiger charge is -2.15. The normalized spacial score (nSPS) is 11.5. The number of phenols is 1. The van der Waals surface area contributed by atoms with Crippen molar-refractivity contribution in [1.29, 1.82) is 5.26 Å². The molecule has 0 aliphatic carbocycles. The number of amides is 2. The molecule has 8 nitrogen and oxygen atoms in total. The number of halogens is 3. The first-order chi connectivity index (χ1) is 15.5. The number of hydrogen-bond donors (Lipinski definition) is 3. The van der Waals surface area contributed by atoms with E-state index in [0.717, 1.165) is 28.8 Å². The maximum atomic E-state index is 13.1. The predicted octanol–water partition coefficient (Wildman–Crippen LogP) is 4.18. The van der Waals surface area contributed by atoms with Crippen LogP contribution in [0.25, 0.3) is 0 Å². The minimum Gasteiger partial charge on any atom is -0.507 e. The second-order valence-electron chi connectivity index (χ2n) is 6.97. The Bertz CT molecular complexity index is 1110. The third-order valence-electron chi connectivity index (χ3n) is 4.55. The first-order valence-corrected chi connectivity index (χ1v) is 9.67. The topological polar surface area (TPSA) is 124 Å². The molecular formula is C22H21F3N4O4. The van der Waals surface area contributed by atoms with E-state index in [2.05, 4.69) is 15.3 Å². The molecule has 0 fully saturated rings. The lowest BCUT2D eigenvalue weighted by molar-refractivity contribution is -0.138. The predicted molar refractivity (Wildman–Crippen MR) is 114 cm³/mol. The zero-order valence-corrected chi connectivity index (χ0v) is 18.0. The molecule has 0 saturated heterocycles. The molecular weight excluding hydrogens is 441 g/mol. The summed E-state index contributed by atoms with van der Waals surface area (Å²) in [5.41, 5.74) is 3.86. The number of nitrogens with one attached hydrogen (secondary N) is 2. The van der Waals surface area contributed by atoms with Gasteiger partial charge in [-0.3, -0.25) is 15.5 Å². The Kier molecular flexibility index (Phi) is 8.01. The van der Waals surface area contributed by atoms with E-state index < -0.39 is 35.2 Å². The number of nitrogens with zero attached hydrogens (tertiary/aromatic N) is 2. The molecule has 0 spiro atoms. The van der Waals surface area contributed by atoms with E-state index in [9.17, 15) is 27.9 Å². The second-order valence-corrected chi connectivity index (χ2v) is 6.97. The van der Waals surface area contributed by atoms with Gasteiger partial charge in [-0.15, -0.1) is 0 Å². The van der Waals surface area contributed by atoms with Crippen molar-refractivity contribution in [2.75, 3.05) is 12.0 Å². The van der Waals surface area contributed by atoms with Crippen molar-refractivity contribution < 1.29 is 32.6 Å². The Hall–Kier alpha value is -4.07. The summed E-state index contributed by atoms with van der Waals surface area (Å²) in [5, 5.41) is 24.2. The van der Waals surface area contributed by atoms with Gasteiger partial charge in [-0.2, -0.15) is 23.5 Å². The lowest BCUT2D eigenvalue weighted by atomic mass is 9.94. The Morgan fingerprint density at radius 2 is 1.82 bits per heavy atom. The van der Waals surface area contributed by atoms with Crippen molar-refractivity contribution in [2.45, 2.75) is 33.4 Å². The van der Waals surface area contributed by atoms with E-state index in [1.807, 2.05) is 5.32 Å². The summed E-state index contributed by atoms with van der Waals surface area (Å²) in [6, 6.07) is 8.20. The van der Waals surface area contributed by atoms with Crippen LogP contribution in [0.2, 0.25) is 0 Å². The van der Waals surface area contributed by atoms with Crippen LogP contribution in [0.15, 0.2) is 35.4 Å². The zero-order valence-electron chi connectivity index (χ0n) is 18.0. The summed E-state index contributed by atoms with van der Waals surface area (Å²) >= 11 is 0. The fourth-order valence-electron chi connectivity index (χ4n) is 3.03. The zero-order chi connectivity index (χ0) is 24.8. The van der Waals surface area contributed by atoms with E-state index >= 15 is 0 Å². The number of anilines is 1. The van der Waals surface area contributed by atoms with Gasteiger partial charge in [0, 0.05) is 0 Å². The van der Waals surface area contributed by atoms with E-state index in [0.29, 0.717) is 11.3 Å². The number of aromatic hydroxyl groups is 1. The fraction of sp³-hybridized carbons (Fsp3) is 0.273. The summed E-state index contributed by atoms with van der Waals surface area (Å²) in [4.78, 5) is 23.2. The van der Waals surface area contributed by atoms with Crippen LogP contribution in [-0.4, -0.2) is 29.4 Å². The fourth-order valence-corrected chi connectivity index (χ4v) is 3.03. The Morgan fingerprint density at radius 1 is 1.18 bits per heavy atom. The van der Waals surface area contributed by atoms with Crippen LogP contribution >= 0.6 is 0 Å². The van der Waals surface area contributed by atoms with Crippen LogP contribution in [0.3, 0.4) is 0 Å². The molecule has 2 amide bonds. The molecule has 0 bridgehead atoms. The molecule has 0 aromatic heterocycles. The highest BCUT2D eigenvalue weighted by atomic mass is 19.4. The number of alkyl halides is 3. The highest BCUT2D eigenvalue weighted by Crippen LogP contribution is 2.36. The maximum absolute atomic E-state index is 13.1. The van der Waals surface area contributed by atoms with Crippen molar-refractivity contribution in [3.05, 3.63) is 58.1 Å². The Morgan fingerprint density at radius 3 is 2.36 bits per heavy atom. The van der Waals surface area contributed by atoms with Crippen molar-refractivity contribution in [3.8, 4) is 11.8 Å². The number of carbonyl (C=O) groups excluding carboxylic acids is 2. The standard InChI is InChI=1S/C22H21F3N4O4/c1-4-33-21(32)27-20(31)18(11-26)29-28-15-7-12(2)16(13(3)8-15)9-14-5-6-19(30)17(10-14)22(23,24)25/h5-8,10,28,30H,4,9H2,1-3H3,(H,27,31,32). The van der Waals surface area contributed by atoms with Gasteiger partial charge in [-0.25, -0.2) is 4.79 Å². The highest BCUT2D eigenvalue weighted by Gasteiger charge is 2.34. The molecule has 2 aromatic rings. The van der Waals surface area contributed by atoms with Gasteiger partial charge in [0.05, 0.1) is 17.9 Å². The number of imide groups is 1. The minimum atomic E-state index is -4.67. The van der Waals surface area contributed by atoms with Gasteiger partial charge in [-0.05, 0) is 73.7 Å². The van der Waals surface area contributed by atoms with Gasteiger partial charge < -0.3 is 9.84 Å². The Balaban J connectivity index is 2.22. The largest absolute Gasteiger partial charge is 0.507 e. The molecule has 0 radical (unpaired) electrons. The quantitative estimate of drug-likeness (QED) is 0.437. The number of rotatable bonds is 6. The molecule has 33 heavy (non-hydrogen) atoms. The summed E-state index contributed by atoms with van der Waals surface area (Å²) in [6.07, 6.45) is -5.49. The summed E-state index contributed by atoms with van der Waals surface area (Å²) < 4.78 is 43.8. The molecule has 0 unspecified atom stereocenters. The van der Waals surface area contributed by atoms with Crippen LogP contribution in [0.5, 0.6) is 5.75 Å². The molecule has 11 heteroatoms. The van der Waals surface area contributed by atoms with Crippen molar-refractivity contribution in [2.24, 2.45) is 5.10 Å². The van der Waals surface area contributed by atoms with E-state index in [1.54, 1.807) is 39.0 Å². The SMILES string of the molecule is CCOC(=O)NC(=O)C(C#N)=NNc1cc(C)c(Cc2ccc(O)c(C(F)(F)F)c2)c(C)c1. The minimum absolute atomic E-state index is 0.0446. The summed E-state index contributed by atoms with van der Waals surface area (Å²) in [6.45, 7) is 5.10. The maximum Gasteiger partial charge on any atom is 0.419 e. The van der Waals surface area contributed by atoms with E-state index in [1.165, 1.54) is 6.07 Å². The molecule has 0 heterocycles. The van der Waals surface area contributed by atoms with Crippen molar-refractivity contribution in [3.63, 3.8) is 0 Å². The second kappa shape index (κ2) is 10.5. The molecule has 174 valence electrons. The third kappa shape index (κ3) is 6.70. The number of aryl methyl sites for hydroxylation is 2. The van der Waals surface area contributed by atoms with E-state index in [-0.39, 0.29) is 13.0 Å². The molecule has 0 aliphatic heterocycles. The average Bonchev–Trinajstić information content (AvgIpc) is 2.71. The number of alkyl carbamates (subject to hydrolysis) is 1. The van der Waals surface area contributed by atoms with Gasteiger partial charge in [0.2, 0.25) is 5.71 Å². The monoisotopic (exact) mass is 462 g/mol. The van der Waals surface area contributed by atoms with E-state index in [4.69, 9.17) is 5.26 Å². The molecule has 2 rings (SSSR count). The van der Waals surface area contributed by atoms with Gasteiger partial charge in [0.1, 0.15) is 11.8 Å². The lowest BCUT2D eigenvalue weighted by Crippen LogP contribution is -2.36. The molecule has 0 atom stereocenters. The van der Waals surface area contributed by atoms with Gasteiger partial charge >= 0.3 is 12.3 Å². The molecule has 0 saturated carbocycles. The number of hydrazone groups is 1. The number of phenolic OH excluding ortho intramolecular Hbond substituents is 1. The number of ether oxygens (including phenoxy) is 1. The van der Waals surface area contributed by atoms with Gasteiger partial charge in [0.15, 0.2) is 0 Å². The Labute approximate surface area is 187 Å². The third-order valence-corrected chi connectivity index (χ3v) is 4.55. The van der Waals surface area contributed by atoms with Crippen LogP contribution in [0.1, 0.15) is 34.7 Å². The smallest absolute Gasteiger partial charge is 0.419 e. The van der Waals surface area contributed by atoms with Crippen LogP contribution in [0, 0.1) is 25.2 Å². The highest BCUT2D eigenvalue weighted by molar-refractivity contribution is 6.46. The summed E-state index contributed by atoms with van der Waals surface area (Å²) in [7, 11) is 0. The van der Waals surface area contributed by atoms with Crippen molar-refractivity contribution >= 4 is 23.4 Å². The number of benzene rings is 2. The average molecular weight is 462 g/mol. The van der Waals surface area contributed by atoms with Crippen LogP contribution in [0.4, 0.5) is 23.7 Å². The first-order valence-electron chi connectivity index (χ1n) is 9.67. The number of nitriles is 1. The van der Waals surface area contributed by atoms with Crippen LogP contribution < -0.4 is 10.7 Å². The summed E-state index contributed by atoms with van der Waals surface area (Å²) in [5.74, 6) is -1.88. The molecule has 2 aromatic carbocycles. The number of carbonyl (C=O) groups is 2. The van der Waals surface area contributed by atoms with Crippen LogP contribution in [-0.2, 0) is 22.1 Å². The van der Waals surface area contributed by atoms with Crippen molar-refractivity contribution in [1.82, 2.24) is 5.32 Å². The van der Waals surface area contributed by atoms with Gasteiger partial charge in [0.25, 0.3) is 5.91 Å². The molecule has 0 aliphatic rings. The van der Waals surface area contributed by atoms with Gasteiger partial charge in [-0.1, -0.05) is 6.07 Å².